The van der Waals surface area contributed by atoms with Gasteiger partial charge in [0.1, 0.15) is 0 Å². The molecule has 3 N–H and O–H groups in total. The normalized spacial score (nSPS) is 11.4. The van der Waals surface area contributed by atoms with E-state index in [-0.39, 0.29) is 19.8 Å². The van der Waals surface area contributed by atoms with Crippen molar-refractivity contribution in [1.29, 1.82) is 0 Å². The average Bonchev–Trinajstić information content (AvgIpc) is 2.93. The number of aliphatic hydroxyl groups excluding tert-OH is 3. The predicted octanol–water partition coefficient (Wildman–Crippen LogP) is 5.31. The van der Waals surface area contributed by atoms with Crippen molar-refractivity contribution in [1.82, 2.24) is 0 Å². The molecule has 0 aliphatic heterocycles. The Morgan fingerprint density at radius 2 is 1.08 bits per heavy atom. The SMILES string of the molecule is CCCOc1c(OC)cc(/C=C/c2ccc(/C=C/c3cc(CO)c(CO)c(CO)c3)cc2)cc1OC. The van der Waals surface area contributed by atoms with Crippen LogP contribution in [0.15, 0.2) is 48.5 Å². The van der Waals surface area contributed by atoms with Gasteiger partial charge in [-0.25, -0.2) is 0 Å². The van der Waals surface area contributed by atoms with Gasteiger partial charge in [0.25, 0.3) is 0 Å². The van der Waals surface area contributed by atoms with Gasteiger partial charge in [0.15, 0.2) is 11.5 Å². The first kappa shape index (κ1) is 27.0. The third kappa shape index (κ3) is 6.76. The molecular weight excluding hydrogens is 456 g/mol. The van der Waals surface area contributed by atoms with Crippen LogP contribution in [0.25, 0.3) is 24.3 Å². The van der Waals surface area contributed by atoms with Crippen LogP contribution < -0.4 is 14.2 Å². The number of aliphatic hydroxyl groups is 3. The number of hydrogen-bond acceptors (Lipinski definition) is 6. The second-order valence-electron chi connectivity index (χ2n) is 8.23. The highest BCUT2D eigenvalue weighted by Gasteiger charge is 2.13. The Hall–Kier alpha value is -3.58. The molecule has 0 heterocycles. The lowest BCUT2D eigenvalue weighted by atomic mass is 9.98. The number of benzene rings is 3. The third-order valence-corrected chi connectivity index (χ3v) is 5.76. The van der Waals surface area contributed by atoms with Crippen LogP contribution in [-0.2, 0) is 19.8 Å². The summed E-state index contributed by atoms with van der Waals surface area (Å²) in [5, 5.41) is 28.7. The molecule has 6 heteroatoms. The zero-order valence-electron chi connectivity index (χ0n) is 21.0. The molecule has 0 bridgehead atoms. The molecule has 0 atom stereocenters. The lowest BCUT2D eigenvalue weighted by Gasteiger charge is -2.15. The van der Waals surface area contributed by atoms with Crippen LogP contribution in [0.5, 0.6) is 17.2 Å². The van der Waals surface area contributed by atoms with Crippen LogP contribution in [0.3, 0.4) is 0 Å². The second kappa shape index (κ2) is 13.5. The van der Waals surface area contributed by atoms with E-state index >= 15 is 0 Å². The van der Waals surface area contributed by atoms with E-state index in [0.29, 0.717) is 40.5 Å². The zero-order chi connectivity index (χ0) is 25.9. The molecule has 36 heavy (non-hydrogen) atoms. The van der Waals surface area contributed by atoms with E-state index in [1.54, 1.807) is 14.2 Å². The molecule has 3 rings (SSSR count). The summed E-state index contributed by atoms with van der Waals surface area (Å²) >= 11 is 0. The number of ether oxygens (including phenoxy) is 3. The molecular formula is C30H34O6. The van der Waals surface area contributed by atoms with E-state index < -0.39 is 0 Å². The van der Waals surface area contributed by atoms with Gasteiger partial charge in [0.2, 0.25) is 5.75 Å². The van der Waals surface area contributed by atoms with Gasteiger partial charge in [-0.1, -0.05) is 55.5 Å². The molecule has 3 aromatic rings. The van der Waals surface area contributed by atoms with E-state index in [1.165, 1.54) is 0 Å². The standard InChI is InChI=1S/C30H34O6/c1-4-13-36-30-28(34-2)16-24(17-29(30)35-3)12-10-22-7-5-21(6-8-22)9-11-23-14-25(18-31)27(20-33)26(15-23)19-32/h5-12,14-17,31-33H,4,13,18-20H2,1-3H3/b11-9+,12-10+. The van der Waals surface area contributed by atoms with Gasteiger partial charge >= 0.3 is 0 Å². The maximum absolute atomic E-state index is 9.61. The van der Waals surface area contributed by atoms with Gasteiger partial charge < -0.3 is 29.5 Å². The number of methoxy groups -OCH3 is 2. The van der Waals surface area contributed by atoms with Crippen molar-refractivity contribution in [2.75, 3.05) is 20.8 Å². The first-order chi connectivity index (χ1) is 17.6. The van der Waals surface area contributed by atoms with Crippen molar-refractivity contribution in [3.05, 3.63) is 87.5 Å². The Bertz CT molecular complexity index is 1140. The van der Waals surface area contributed by atoms with Crippen LogP contribution in [0.1, 0.15) is 52.3 Å². The van der Waals surface area contributed by atoms with Crippen LogP contribution in [0.4, 0.5) is 0 Å². The molecule has 190 valence electrons. The minimum atomic E-state index is -0.221. The summed E-state index contributed by atoms with van der Waals surface area (Å²) in [6.45, 7) is 2.02. The third-order valence-electron chi connectivity index (χ3n) is 5.76. The Balaban J connectivity index is 1.76. The fourth-order valence-corrected chi connectivity index (χ4v) is 3.85. The summed E-state index contributed by atoms with van der Waals surface area (Å²) in [5.41, 5.74) is 5.63. The molecule has 0 spiro atoms. The molecule has 0 radical (unpaired) electrons. The van der Waals surface area contributed by atoms with Crippen LogP contribution in [0, 0.1) is 0 Å². The first-order valence-electron chi connectivity index (χ1n) is 11.9. The smallest absolute Gasteiger partial charge is 0.203 e. The van der Waals surface area contributed by atoms with Crippen LogP contribution in [0.2, 0.25) is 0 Å². The molecule has 0 aromatic heterocycles. The van der Waals surface area contributed by atoms with Crippen molar-refractivity contribution in [2.24, 2.45) is 0 Å². The molecule has 0 aliphatic carbocycles. The first-order valence-corrected chi connectivity index (χ1v) is 11.9. The highest BCUT2D eigenvalue weighted by molar-refractivity contribution is 5.75. The highest BCUT2D eigenvalue weighted by atomic mass is 16.5. The summed E-state index contributed by atoms with van der Waals surface area (Å²) in [7, 11) is 3.23. The van der Waals surface area contributed by atoms with Crippen molar-refractivity contribution in [3.63, 3.8) is 0 Å². The monoisotopic (exact) mass is 490 g/mol. The second-order valence-corrected chi connectivity index (χ2v) is 8.23. The summed E-state index contributed by atoms with van der Waals surface area (Å²) in [6.07, 6.45) is 8.79. The molecule has 0 amide bonds. The average molecular weight is 491 g/mol. The fourth-order valence-electron chi connectivity index (χ4n) is 3.85. The van der Waals surface area contributed by atoms with E-state index in [4.69, 9.17) is 14.2 Å². The minimum absolute atomic E-state index is 0.197. The highest BCUT2D eigenvalue weighted by Crippen LogP contribution is 2.39. The Morgan fingerprint density at radius 1 is 0.639 bits per heavy atom. The summed E-state index contributed by atoms with van der Waals surface area (Å²) in [4.78, 5) is 0. The van der Waals surface area contributed by atoms with Gasteiger partial charge in [-0.05, 0) is 69.6 Å². The quantitative estimate of drug-likeness (QED) is 0.298. The molecule has 0 saturated carbocycles. The Kier molecular flexibility index (Phi) is 10.1. The van der Waals surface area contributed by atoms with E-state index in [2.05, 4.69) is 0 Å². The molecule has 0 saturated heterocycles. The van der Waals surface area contributed by atoms with Crippen LogP contribution in [-0.4, -0.2) is 36.1 Å². The maximum atomic E-state index is 9.61. The summed E-state index contributed by atoms with van der Waals surface area (Å²) < 4.78 is 16.8. The van der Waals surface area contributed by atoms with E-state index in [1.807, 2.05) is 79.8 Å². The topological polar surface area (TPSA) is 88.4 Å². The molecule has 0 unspecified atom stereocenters. The van der Waals surface area contributed by atoms with Gasteiger partial charge in [0.05, 0.1) is 40.6 Å². The van der Waals surface area contributed by atoms with Crippen molar-refractivity contribution < 1.29 is 29.5 Å². The fraction of sp³-hybridized carbons (Fsp3) is 0.267. The minimum Gasteiger partial charge on any atom is -0.493 e. The van der Waals surface area contributed by atoms with Gasteiger partial charge in [-0.3, -0.25) is 0 Å². The van der Waals surface area contributed by atoms with Crippen molar-refractivity contribution in [2.45, 2.75) is 33.2 Å². The molecule has 0 fully saturated rings. The Morgan fingerprint density at radius 3 is 1.47 bits per heavy atom. The molecule has 3 aromatic carbocycles. The Labute approximate surface area is 212 Å². The van der Waals surface area contributed by atoms with E-state index in [9.17, 15) is 15.3 Å². The molecule has 0 aliphatic rings. The van der Waals surface area contributed by atoms with Gasteiger partial charge in [-0.2, -0.15) is 0 Å². The lowest BCUT2D eigenvalue weighted by molar-refractivity contribution is 0.247. The van der Waals surface area contributed by atoms with Crippen molar-refractivity contribution >= 4 is 24.3 Å². The number of rotatable bonds is 12. The lowest BCUT2D eigenvalue weighted by Crippen LogP contribution is -2.01. The zero-order valence-corrected chi connectivity index (χ0v) is 21.0. The van der Waals surface area contributed by atoms with Gasteiger partial charge in [-0.15, -0.1) is 0 Å². The van der Waals surface area contributed by atoms with Crippen molar-refractivity contribution in [3.8, 4) is 17.2 Å². The van der Waals surface area contributed by atoms with Crippen LogP contribution >= 0.6 is 0 Å². The summed E-state index contributed by atoms with van der Waals surface area (Å²) in [6, 6.07) is 15.6. The summed E-state index contributed by atoms with van der Waals surface area (Å²) in [5.74, 6) is 1.87. The van der Waals surface area contributed by atoms with Gasteiger partial charge in [0, 0.05) is 0 Å². The largest absolute Gasteiger partial charge is 0.493 e. The van der Waals surface area contributed by atoms with E-state index in [0.717, 1.165) is 28.7 Å². The maximum Gasteiger partial charge on any atom is 0.203 e. The predicted molar refractivity (Wildman–Crippen MR) is 144 cm³/mol. The number of hydrogen-bond donors (Lipinski definition) is 3. The molecule has 6 nitrogen and oxygen atoms in total.